The SMILES string of the molecule is CSc1sc(C(=N)N)cc1-c1csc(C2(c3cc(C)c(C)cc3C)C=CC=N2)n1. The fourth-order valence-electron chi connectivity index (χ4n) is 3.57. The van der Waals surface area contributed by atoms with Gasteiger partial charge in [-0.15, -0.1) is 34.4 Å². The average Bonchev–Trinajstić information content (AvgIpc) is 3.43. The van der Waals surface area contributed by atoms with E-state index in [2.05, 4.69) is 44.4 Å². The third-order valence-corrected chi connectivity index (χ3v) is 8.48. The van der Waals surface area contributed by atoms with E-state index < -0.39 is 5.54 Å². The zero-order chi connectivity index (χ0) is 20.8. The molecule has 0 aliphatic carbocycles. The Hall–Kier alpha value is -2.22. The number of aliphatic imine (C=N–C) groups is 1. The summed E-state index contributed by atoms with van der Waals surface area (Å²) < 4.78 is 1.12. The first-order chi connectivity index (χ1) is 13.9. The number of thioether (sulfide) groups is 1. The van der Waals surface area contributed by atoms with Crippen molar-refractivity contribution in [2.75, 3.05) is 6.26 Å². The number of benzene rings is 1. The summed E-state index contributed by atoms with van der Waals surface area (Å²) in [5.41, 5.74) is 12.0. The number of aryl methyl sites for hydroxylation is 3. The summed E-state index contributed by atoms with van der Waals surface area (Å²) in [6.45, 7) is 6.42. The molecule has 0 spiro atoms. The summed E-state index contributed by atoms with van der Waals surface area (Å²) in [4.78, 5) is 10.7. The van der Waals surface area contributed by atoms with Crippen LogP contribution in [-0.4, -0.2) is 23.3 Å². The maximum absolute atomic E-state index is 7.76. The summed E-state index contributed by atoms with van der Waals surface area (Å²) in [7, 11) is 0. The molecular formula is C22H22N4S3. The molecule has 3 aromatic rings. The van der Waals surface area contributed by atoms with Crippen LogP contribution >= 0.6 is 34.4 Å². The van der Waals surface area contributed by atoms with Crippen LogP contribution in [0.2, 0.25) is 0 Å². The van der Waals surface area contributed by atoms with Crippen molar-refractivity contribution in [3.8, 4) is 11.3 Å². The maximum Gasteiger partial charge on any atom is 0.156 e. The fraction of sp³-hybridized carbons (Fsp3) is 0.227. The van der Waals surface area contributed by atoms with E-state index in [9.17, 15) is 0 Å². The Bertz CT molecular complexity index is 1150. The summed E-state index contributed by atoms with van der Waals surface area (Å²) in [6.07, 6.45) is 8.04. The van der Waals surface area contributed by atoms with Gasteiger partial charge in [0.2, 0.25) is 0 Å². The first-order valence-electron chi connectivity index (χ1n) is 9.15. The second-order valence-electron chi connectivity index (χ2n) is 7.12. The number of amidine groups is 1. The number of nitrogens with two attached hydrogens (primary N) is 1. The monoisotopic (exact) mass is 438 g/mol. The van der Waals surface area contributed by atoms with Crippen LogP contribution in [0.3, 0.4) is 0 Å². The van der Waals surface area contributed by atoms with Crippen molar-refractivity contribution in [3.63, 3.8) is 0 Å². The Kier molecular flexibility index (Phi) is 5.23. The highest BCUT2D eigenvalue weighted by Crippen LogP contribution is 2.44. The zero-order valence-corrected chi connectivity index (χ0v) is 19.2. The molecule has 0 saturated heterocycles. The number of nitrogen functional groups attached to an aromatic ring is 1. The van der Waals surface area contributed by atoms with Gasteiger partial charge < -0.3 is 5.73 Å². The lowest BCUT2D eigenvalue weighted by atomic mass is 9.86. The molecule has 4 rings (SSSR count). The van der Waals surface area contributed by atoms with E-state index in [-0.39, 0.29) is 5.84 Å². The minimum absolute atomic E-state index is 0.0950. The van der Waals surface area contributed by atoms with Gasteiger partial charge >= 0.3 is 0 Å². The van der Waals surface area contributed by atoms with E-state index in [4.69, 9.17) is 21.1 Å². The maximum atomic E-state index is 7.76. The number of nitrogens with one attached hydrogen (secondary N) is 1. The molecule has 2 aromatic heterocycles. The van der Waals surface area contributed by atoms with Crippen LogP contribution in [0.4, 0.5) is 0 Å². The number of thiazole rings is 1. The van der Waals surface area contributed by atoms with Crippen LogP contribution in [0, 0.1) is 26.2 Å². The minimum atomic E-state index is -0.579. The minimum Gasteiger partial charge on any atom is -0.383 e. The molecule has 3 N–H and O–H groups in total. The molecule has 3 heterocycles. The Morgan fingerprint density at radius 1 is 1.14 bits per heavy atom. The smallest absolute Gasteiger partial charge is 0.156 e. The molecule has 0 amide bonds. The number of thiophene rings is 1. The van der Waals surface area contributed by atoms with Crippen LogP contribution in [0.15, 0.2) is 44.9 Å². The second kappa shape index (κ2) is 7.55. The van der Waals surface area contributed by atoms with Crippen LogP contribution in [0.5, 0.6) is 0 Å². The van der Waals surface area contributed by atoms with Gasteiger partial charge in [0.05, 0.1) is 14.8 Å². The van der Waals surface area contributed by atoms with Gasteiger partial charge in [-0.25, -0.2) is 4.98 Å². The second-order valence-corrected chi connectivity index (χ2v) is 10.1. The lowest BCUT2D eigenvalue weighted by Gasteiger charge is -2.25. The Morgan fingerprint density at radius 3 is 2.55 bits per heavy atom. The van der Waals surface area contributed by atoms with E-state index in [1.165, 1.54) is 33.6 Å². The average molecular weight is 439 g/mol. The van der Waals surface area contributed by atoms with Gasteiger partial charge in [0.25, 0.3) is 0 Å². The topological polar surface area (TPSA) is 75.1 Å². The predicted octanol–water partition coefficient (Wildman–Crippen LogP) is 5.69. The number of allylic oxidation sites excluding steroid dienone is 1. The molecule has 0 radical (unpaired) electrons. The third-order valence-electron chi connectivity index (χ3n) is 5.21. The highest BCUT2D eigenvalue weighted by Gasteiger charge is 2.37. The zero-order valence-electron chi connectivity index (χ0n) is 16.7. The Morgan fingerprint density at radius 2 is 1.90 bits per heavy atom. The van der Waals surface area contributed by atoms with Crippen molar-refractivity contribution in [2.24, 2.45) is 10.7 Å². The summed E-state index contributed by atoms with van der Waals surface area (Å²) in [5.74, 6) is 0.0950. The van der Waals surface area contributed by atoms with Gasteiger partial charge in [-0.3, -0.25) is 10.4 Å². The molecule has 148 valence electrons. The van der Waals surface area contributed by atoms with E-state index in [1.807, 2.05) is 24.6 Å². The normalized spacial score (nSPS) is 17.9. The lowest BCUT2D eigenvalue weighted by molar-refractivity contribution is 0.686. The number of nitrogens with zero attached hydrogens (tertiary/aromatic N) is 2. The first-order valence-corrected chi connectivity index (χ1v) is 12.1. The van der Waals surface area contributed by atoms with Gasteiger partial charge in [-0.1, -0.05) is 12.1 Å². The molecule has 7 heteroatoms. The van der Waals surface area contributed by atoms with Crippen LogP contribution in [0.25, 0.3) is 11.3 Å². The summed E-state index contributed by atoms with van der Waals surface area (Å²) in [6, 6.07) is 6.44. The standard InChI is InChI=1S/C22H22N4S3/c1-12-8-14(3)16(9-13(12)2)22(6-5-7-25-22)21-26-17(11-28-21)15-10-18(19(23)24)29-20(15)27-4/h5-11H,1-4H3,(H3,23,24). The van der Waals surface area contributed by atoms with E-state index >= 15 is 0 Å². The molecule has 0 bridgehead atoms. The summed E-state index contributed by atoms with van der Waals surface area (Å²) in [5, 5.41) is 10.8. The van der Waals surface area contributed by atoms with Crippen LogP contribution in [0.1, 0.15) is 32.1 Å². The largest absolute Gasteiger partial charge is 0.383 e. The van der Waals surface area contributed by atoms with Crippen molar-refractivity contribution < 1.29 is 0 Å². The van der Waals surface area contributed by atoms with Crippen molar-refractivity contribution >= 4 is 46.5 Å². The molecule has 4 nitrogen and oxygen atoms in total. The highest BCUT2D eigenvalue weighted by molar-refractivity contribution is 8.00. The molecule has 0 saturated carbocycles. The van der Waals surface area contributed by atoms with Crippen LogP contribution < -0.4 is 5.73 Å². The van der Waals surface area contributed by atoms with Gasteiger partial charge in [0.1, 0.15) is 10.8 Å². The number of hydrogen-bond donors (Lipinski definition) is 2. The van der Waals surface area contributed by atoms with Crippen molar-refractivity contribution in [2.45, 2.75) is 30.5 Å². The number of rotatable bonds is 5. The van der Waals surface area contributed by atoms with Crippen molar-refractivity contribution in [3.05, 3.63) is 67.9 Å². The van der Waals surface area contributed by atoms with Gasteiger partial charge in [-0.2, -0.15) is 0 Å². The molecule has 1 aromatic carbocycles. The van der Waals surface area contributed by atoms with Crippen LogP contribution in [-0.2, 0) is 5.54 Å². The van der Waals surface area contributed by atoms with Gasteiger partial charge in [-0.05, 0) is 67.5 Å². The fourth-order valence-corrected chi connectivity index (χ4v) is 6.28. The highest BCUT2D eigenvalue weighted by atomic mass is 32.2. The quantitative estimate of drug-likeness (QED) is 0.305. The lowest BCUT2D eigenvalue weighted by Crippen LogP contribution is -2.22. The number of aromatic nitrogens is 1. The molecule has 1 unspecified atom stereocenters. The van der Waals surface area contributed by atoms with Crippen molar-refractivity contribution in [1.29, 1.82) is 5.41 Å². The molecule has 0 fully saturated rings. The first kappa shape index (κ1) is 20.1. The Labute approximate surface area is 183 Å². The predicted molar refractivity (Wildman–Crippen MR) is 127 cm³/mol. The molecular weight excluding hydrogens is 416 g/mol. The summed E-state index contributed by atoms with van der Waals surface area (Å²) >= 11 is 4.82. The van der Waals surface area contributed by atoms with Gasteiger partial charge in [0.15, 0.2) is 5.54 Å². The molecule has 1 aliphatic heterocycles. The van der Waals surface area contributed by atoms with Crippen molar-refractivity contribution in [1.82, 2.24) is 4.98 Å². The third kappa shape index (κ3) is 3.37. The Balaban J connectivity index is 1.84. The number of hydrogen-bond acceptors (Lipinski definition) is 6. The van der Waals surface area contributed by atoms with E-state index in [1.54, 1.807) is 23.1 Å². The molecule has 1 aliphatic rings. The van der Waals surface area contributed by atoms with Gasteiger partial charge in [0, 0.05) is 17.2 Å². The molecule has 29 heavy (non-hydrogen) atoms. The van der Waals surface area contributed by atoms with E-state index in [0.29, 0.717) is 0 Å². The van der Waals surface area contributed by atoms with E-state index in [0.717, 1.165) is 25.4 Å². The molecule has 1 atom stereocenters.